The number of aromatic nitrogens is 2. The first-order valence-corrected chi connectivity index (χ1v) is 9.92. The molecule has 126 valence electrons. The molecule has 0 atom stereocenters. The molecule has 0 aliphatic heterocycles. The number of rotatable bonds is 4. The van der Waals surface area contributed by atoms with Crippen LogP contribution in [0.3, 0.4) is 0 Å². The summed E-state index contributed by atoms with van der Waals surface area (Å²) in [4.78, 5) is 0. The van der Waals surface area contributed by atoms with Gasteiger partial charge < -0.3 is 5.32 Å². The molecule has 0 aliphatic rings. The van der Waals surface area contributed by atoms with Gasteiger partial charge in [0.2, 0.25) is 0 Å². The van der Waals surface area contributed by atoms with E-state index < -0.39 is 9.73 Å². The van der Waals surface area contributed by atoms with Gasteiger partial charge in [-0.2, -0.15) is 9.46 Å². The van der Waals surface area contributed by atoms with Gasteiger partial charge in [-0.25, -0.2) is 4.21 Å². The fraction of sp³-hybridized carbons (Fsp3) is 0.471. The average Bonchev–Trinajstić information content (AvgIpc) is 2.76. The standard InChI is InChI=1S/C17H26N4OS/c1-17(2,3)16-13(12-21(4)19-16)11-18-14-8-7-9-15(10-14)20-23(5,6)22/h7-10,12,18H,11H2,1-6H3. The Morgan fingerprint density at radius 1 is 1.30 bits per heavy atom. The fourth-order valence-electron chi connectivity index (χ4n) is 2.42. The molecule has 6 heteroatoms. The molecule has 0 unspecified atom stereocenters. The first-order chi connectivity index (χ1) is 10.5. The summed E-state index contributed by atoms with van der Waals surface area (Å²) in [5.41, 5.74) is 3.97. The highest BCUT2D eigenvalue weighted by atomic mass is 32.2. The van der Waals surface area contributed by atoms with Crippen molar-refractivity contribution in [1.82, 2.24) is 9.78 Å². The van der Waals surface area contributed by atoms with E-state index in [-0.39, 0.29) is 5.41 Å². The molecule has 0 aliphatic carbocycles. The van der Waals surface area contributed by atoms with Gasteiger partial charge >= 0.3 is 0 Å². The quantitative estimate of drug-likeness (QED) is 0.927. The number of benzene rings is 1. The van der Waals surface area contributed by atoms with Crippen LogP contribution in [-0.2, 0) is 28.7 Å². The van der Waals surface area contributed by atoms with Crippen molar-refractivity contribution in [3.8, 4) is 0 Å². The first-order valence-electron chi connectivity index (χ1n) is 7.59. The number of nitrogens with zero attached hydrogens (tertiary/aromatic N) is 3. The van der Waals surface area contributed by atoms with Gasteiger partial charge in [0.15, 0.2) is 0 Å². The van der Waals surface area contributed by atoms with Crippen LogP contribution in [0.2, 0.25) is 0 Å². The Morgan fingerprint density at radius 2 is 2.00 bits per heavy atom. The molecule has 23 heavy (non-hydrogen) atoms. The van der Waals surface area contributed by atoms with Crippen molar-refractivity contribution in [1.29, 1.82) is 0 Å². The van der Waals surface area contributed by atoms with Gasteiger partial charge in [0.1, 0.15) is 0 Å². The average molecular weight is 334 g/mol. The lowest BCUT2D eigenvalue weighted by Gasteiger charge is -2.18. The minimum atomic E-state index is -2.15. The van der Waals surface area contributed by atoms with Crippen LogP contribution in [0.1, 0.15) is 32.0 Å². The van der Waals surface area contributed by atoms with E-state index in [1.54, 1.807) is 12.5 Å². The Morgan fingerprint density at radius 3 is 2.61 bits per heavy atom. The van der Waals surface area contributed by atoms with Gasteiger partial charge in [-0.05, 0) is 18.2 Å². The highest BCUT2D eigenvalue weighted by molar-refractivity contribution is 7.92. The zero-order valence-corrected chi connectivity index (χ0v) is 15.6. The van der Waals surface area contributed by atoms with Crippen LogP contribution < -0.4 is 5.32 Å². The Balaban J connectivity index is 2.20. The summed E-state index contributed by atoms with van der Waals surface area (Å²) >= 11 is 0. The second-order valence-electron chi connectivity index (χ2n) is 7.10. The molecule has 1 aromatic heterocycles. The van der Waals surface area contributed by atoms with Crippen LogP contribution in [0.5, 0.6) is 0 Å². The zero-order valence-electron chi connectivity index (χ0n) is 14.8. The molecular weight excluding hydrogens is 308 g/mol. The third-order valence-electron chi connectivity index (χ3n) is 3.27. The molecule has 1 heterocycles. The maximum atomic E-state index is 11.8. The summed E-state index contributed by atoms with van der Waals surface area (Å²) < 4.78 is 17.9. The lowest BCUT2D eigenvalue weighted by molar-refractivity contribution is 0.549. The Bertz CT molecular complexity index is 800. The van der Waals surface area contributed by atoms with Crippen LogP contribution in [0.25, 0.3) is 0 Å². The van der Waals surface area contributed by atoms with Gasteiger partial charge in [0.25, 0.3) is 0 Å². The second kappa shape index (κ2) is 6.35. The van der Waals surface area contributed by atoms with Crippen LogP contribution >= 0.6 is 0 Å². The minimum absolute atomic E-state index is 0.00535. The van der Waals surface area contributed by atoms with E-state index in [4.69, 9.17) is 0 Å². The van der Waals surface area contributed by atoms with E-state index in [2.05, 4.69) is 35.5 Å². The topological polar surface area (TPSA) is 59.3 Å². The zero-order chi connectivity index (χ0) is 17.3. The van der Waals surface area contributed by atoms with E-state index >= 15 is 0 Å². The van der Waals surface area contributed by atoms with Crippen molar-refractivity contribution in [2.75, 3.05) is 17.8 Å². The van der Waals surface area contributed by atoms with E-state index in [1.165, 1.54) is 5.56 Å². The Labute approximate surface area is 139 Å². The third-order valence-corrected chi connectivity index (χ3v) is 3.92. The SMILES string of the molecule is Cn1cc(CNc2cccc(N=S(C)(C)=O)c2)c(C(C)(C)C)n1. The molecule has 1 N–H and O–H groups in total. The van der Waals surface area contributed by atoms with Gasteiger partial charge in [-0.15, -0.1) is 0 Å². The molecule has 1 aromatic carbocycles. The summed E-state index contributed by atoms with van der Waals surface area (Å²) in [7, 11) is -0.208. The van der Waals surface area contributed by atoms with Crippen LogP contribution in [0.15, 0.2) is 34.8 Å². The van der Waals surface area contributed by atoms with E-state index in [9.17, 15) is 4.21 Å². The molecule has 5 nitrogen and oxygen atoms in total. The van der Waals surface area contributed by atoms with Crippen molar-refractivity contribution in [3.05, 3.63) is 41.7 Å². The molecule has 0 amide bonds. The lowest BCUT2D eigenvalue weighted by atomic mass is 9.89. The summed E-state index contributed by atoms with van der Waals surface area (Å²) in [5, 5.41) is 7.99. The molecule has 0 radical (unpaired) electrons. The summed E-state index contributed by atoms with van der Waals surface area (Å²) in [6.45, 7) is 7.18. The van der Waals surface area contributed by atoms with Crippen molar-refractivity contribution >= 4 is 21.1 Å². The molecular formula is C17H26N4OS. The number of hydrogen-bond donors (Lipinski definition) is 1. The van der Waals surface area contributed by atoms with Crippen molar-refractivity contribution in [2.24, 2.45) is 11.4 Å². The maximum Gasteiger partial charge on any atom is 0.0750 e. The largest absolute Gasteiger partial charge is 0.381 e. The normalized spacial score (nSPS) is 12.3. The highest BCUT2D eigenvalue weighted by Gasteiger charge is 2.21. The van der Waals surface area contributed by atoms with Crippen LogP contribution in [0.4, 0.5) is 11.4 Å². The molecule has 0 saturated heterocycles. The summed E-state index contributed by atoms with van der Waals surface area (Å²) in [6.07, 6.45) is 5.32. The Hall–Kier alpha value is -1.82. The van der Waals surface area contributed by atoms with Crippen molar-refractivity contribution in [2.45, 2.75) is 32.7 Å². The van der Waals surface area contributed by atoms with Gasteiger partial charge in [0, 0.05) is 58.7 Å². The predicted octanol–water partition coefficient (Wildman–Crippen LogP) is 3.69. The number of hydrogen-bond acceptors (Lipinski definition) is 4. The lowest BCUT2D eigenvalue weighted by Crippen LogP contribution is -2.16. The van der Waals surface area contributed by atoms with Crippen LogP contribution in [0, 0.1) is 0 Å². The van der Waals surface area contributed by atoms with Crippen LogP contribution in [-0.4, -0.2) is 26.5 Å². The molecule has 0 spiro atoms. The monoisotopic (exact) mass is 334 g/mol. The number of anilines is 1. The molecule has 2 aromatic rings. The van der Waals surface area contributed by atoms with E-state index in [0.717, 1.165) is 17.1 Å². The highest BCUT2D eigenvalue weighted by Crippen LogP contribution is 2.25. The van der Waals surface area contributed by atoms with Crippen molar-refractivity contribution in [3.63, 3.8) is 0 Å². The third kappa shape index (κ3) is 5.10. The Kier molecular flexibility index (Phi) is 4.84. The molecule has 2 rings (SSSR count). The maximum absolute atomic E-state index is 11.8. The van der Waals surface area contributed by atoms with Crippen molar-refractivity contribution < 1.29 is 4.21 Å². The second-order valence-corrected chi connectivity index (χ2v) is 9.65. The minimum Gasteiger partial charge on any atom is -0.381 e. The summed E-state index contributed by atoms with van der Waals surface area (Å²) in [6, 6.07) is 7.68. The number of nitrogens with one attached hydrogen (secondary N) is 1. The fourth-order valence-corrected chi connectivity index (χ4v) is 3.04. The van der Waals surface area contributed by atoms with Gasteiger partial charge in [0.05, 0.1) is 11.4 Å². The van der Waals surface area contributed by atoms with Gasteiger partial charge in [-0.1, -0.05) is 26.8 Å². The van der Waals surface area contributed by atoms with E-state index in [0.29, 0.717) is 6.54 Å². The van der Waals surface area contributed by atoms with E-state index in [1.807, 2.05) is 42.2 Å². The smallest absolute Gasteiger partial charge is 0.0750 e. The predicted molar refractivity (Wildman–Crippen MR) is 97.8 cm³/mol. The molecule has 0 fully saturated rings. The number of aryl methyl sites for hydroxylation is 1. The molecule has 0 bridgehead atoms. The first kappa shape index (κ1) is 17.5. The summed E-state index contributed by atoms with van der Waals surface area (Å²) in [5.74, 6) is 0. The van der Waals surface area contributed by atoms with Gasteiger partial charge in [-0.3, -0.25) is 4.68 Å². The molecule has 0 saturated carbocycles.